The molecule has 13 heteroatoms. The standard InChI is InChI=1S/C23H22Cl2F2IN7O/c24-15-5-1-13(2-6-15)11-23(26,27)9-10-31-22(30)35-21(36)17-19(29)34-20(18(25)33-17)32-12-14-3-7-16(28)8-4-14/h1-8H,9-12H2,(H3,29,32,34)(H3,30,31,35,36). The van der Waals surface area contributed by atoms with Crippen molar-refractivity contribution in [3.63, 3.8) is 0 Å². The van der Waals surface area contributed by atoms with Gasteiger partial charge in [-0.25, -0.2) is 18.7 Å². The van der Waals surface area contributed by atoms with Gasteiger partial charge in [0.15, 0.2) is 28.4 Å². The molecule has 0 unspecified atom stereocenters. The minimum absolute atomic E-state index is 0.0720. The lowest BCUT2D eigenvalue weighted by molar-refractivity contribution is -0.00441. The van der Waals surface area contributed by atoms with Crippen LogP contribution >= 0.6 is 45.8 Å². The van der Waals surface area contributed by atoms with Gasteiger partial charge in [0.05, 0.1) is 0 Å². The zero-order chi connectivity index (χ0) is 26.3. The average molecular weight is 648 g/mol. The first-order valence-electron chi connectivity index (χ1n) is 10.6. The summed E-state index contributed by atoms with van der Waals surface area (Å²) < 4.78 is 29.6. The summed E-state index contributed by atoms with van der Waals surface area (Å²) in [6.45, 7) is 0.106. The van der Waals surface area contributed by atoms with Crippen LogP contribution in [0.1, 0.15) is 28.0 Å². The van der Waals surface area contributed by atoms with E-state index in [1.807, 2.05) is 24.3 Å². The van der Waals surface area contributed by atoms with Crippen LogP contribution in [-0.2, 0) is 13.0 Å². The molecule has 190 valence electrons. The lowest BCUT2D eigenvalue weighted by atomic mass is 10.1. The number of alkyl halides is 2. The topological polar surface area (TPSA) is 131 Å². The fourth-order valence-corrected chi connectivity index (χ4v) is 3.72. The normalized spacial score (nSPS) is 11.9. The third kappa shape index (κ3) is 8.42. The SMILES string of the molecule is NC(=NCCC(F)(F)Cc1ccc(Cl)cc1)NC(=O)c1nc(Cl)c(NCc2ccc(I)cc2)nc1N. The summed E-state index contributed by atoms with van der Waals surface area (Å²) in [6, 6.07) is 14.0. The molecule has 36 heavy (non-hydrogen) atoms. The molecule has 0 fully saturated rings. The predicted molar refractivity (Wildman–Crippen MR) is 147 cm³/mol. The highest BCUT2D eigenvalue weighted by molar-refractivity contribution is 14.1. The molecule has 0 spiro atoms. The second-order valence-corrected chi connectivity index (χ2v) is 9.75. The van der Waals surface area contributed by atoms with E-state index in [-0.39, 0.29) is 35.0 Å². The molecule has 0 atom stereocenters. The number of halogens is 5. The molecular weight excluding hydrogens is 626 g/mol. The summed E-state index contributed by atoms with van der Waals surface area (Å²) in [5.74, 6) is -4.19. The molecule has 0 saturated heterocycles. The van der Waals surface area contributed by atoms with Crippen molar-refractivity contribution >= 4 is 69.3 Å². The molecule has 3 rings (SSSR count). The Hall–Kier alpha value is -2.77. The van der Waals surface area contributed by atoms with E-state index in [1.165, 1.54) is 12.1 Å². The van der Waals surface area contributed by atoms with Gasteiger partial charge in [0.2, 0.25) is 0 Å². The van der Waals surface area contributed by atoms with Crippen molar-refractivity contribution in [1.82, 2.24) is 15.3 Å². The van der Waals surface area contributed by atoms with Crippen LogP contribution in [0.25, 0.3) is 0 Å². The van der Waals surface area contributed by atoms with Crippen LogP contribution in [0.4, 0.5) is 20.4 Å². The number of nitrogens with two attached hydrogens (primary N) is 2. The number of benzene rings is 2. The minimum atomic E-state index is -3.02. The number of aliphatic imine (C=N–C) groups is 1. The number of hydrogen-bond donors (Lipinski definition) is 4. The molecule has 0 radical (unpaired) electrons. The summed E-state index contributed by atoms with van der Waals surface area (Å²) in [6.07, 6.45) is -1.04. The number of anilines is 2. The average Bonchev–Trinajstić information content (AvgIpc) is 2.81. The Morgan fingerprint density at radius 2 is 1.69 bits per heavy atom. The number of aromatic nitrogens is 2. The largest absolute Gasteiger partial charge is 0.382 e. The molecule has 1 heterocycles. The lowest BCUT2D eigenvalue weighted by Gasteiger charge is -2.15. The highest BCUT2D eigenvalue weighted by atomic mass is 127. The Labute approximate surface area is 230 Å². The summed E-state index contributed by atoms with van der Waals surface area (Å²) >= 11 is 14.1. The molecule has 0 aliphatic carbocycles. The maximum atomic E-state index is 14.2. The van der Waals surface area contributed by atoms with Gasteiger partial charge in [0.25, 0.3) is 11.8 Å². The van der Waals surface area contributed by atoms with Crippen LogP contribution in [0.15, 0.2) is 53.5 Å². The second kappa shape index (κ2) is 12.5. The smallest absolute Gasteiger partial charge is 0.280 e. The van der Waals surface area contributed by atoms with Gasteiger partial charge in [-0.15, -0.1) is 0 Å². The fraction of sp³-hybridized carbons (Fsp3) is 0.217. The van der Waals surface area contributed by atoms with Gasteiger partial charge in [0.1, 0.15) is 0 Å². The third-order valence-corrected chi connectivity index (χ3v) is 6.08. The number of nitrogens with zero attached hydrogens (tertiary/aromatic N) is 3. The van der Waals surface area contributed by atoms with Crippen molar-refractivity contribution in [2.75, 3.05) is 17.6 Å². The molecule has 0 aliphatic rings. The van der Waals surface area contributed by atoms with E-state index in [4.69, 9.17) is 34.7 Å². The zero-order valence-corrected chi connectivity index (χ0v) is 22.4. The van der Waals surface area contributed by atoms with Crippen LogP contribution < -0.4 is 22.1 Å². The summed E-state index contributed by atoms with van der Waals surface area (Å²) in [4.78, 5) is 24.4. The number of amides is 1. The molecule has 0 saturated carbocycles. The molecule has 0 aliphatic heterocycles. The maximum Gasteiger partial charge on any atom is 0.280 e. The van der Waals surface area contributed by atoms with E-state index in [0.29, 0.717) is 17.1 Å². The highest BCUT2D eigenvalue weighted by Gasteiger charge is 2.28. The van der Waals surface area contributed by atoms with Crippen molar-refractivity contribution in [1.29, 1.82) is 0 Å². The van der Waals surface area contributed by atoms with Crippen molar-refractivity contribution in [3.8, 4) is 0 Å². The first-order valence-corrected chi connectivity index (χ1v) is 12.4. The van der Waals surface area contributed by atoms with Gasteiger partial charge in [0, 0.05) is 34.5 Å². The molecular formula is C23H22Cl2F2IN7O. The van der Waals surface area contributed by atoms with Gasteiger partial charge >= 0.3 is 0 Å². The van der Waals surface area contributed by atoms with Crippen LogP contribution in [0, 0.1) is 3.57 Å². The Balaban J connectivity index is 1.55. The van der Waals surface area contributed by atoms with E-state index in [0.717, 1.165) is 9.13 Å². The number of guanidine groups is 1. The minimum Gasteiger partial charge on any atom is -0.382 e. The van der Waals surface area contributed by atoms with Crippen LogP contribution in [0.3, 0.4) is 0 Å². The van der Waals surface area contributed by atoms with E-state index >= 15 is 0 Å². The highest BCUT2D eigenvalue weighted by Crippen LogP contribution is 2.25. The summed E-state index contributed by atoms with van der Waals surface area (Å²) in [7, 11) is 0. The molecule has 6 N–H and O–H groups in total. The number of nitrogens with one attached hydrogen (secondary N) is 2. The molecule has 1 amide bonds. The quantitative estimate of drug-likeness (QED) is 0.149. The monoisotopic (exact) mass is 647 g/mol. The molecule has 2 aromatic carbocycles. The molecule has 8 nitrogen and oxygen atoms in total. The van der Waals surface area contributed by atoms with Crippen molar-refractivity contribution < 1.29 is 13.6 Å². The Morgan fingerprint density at radius 3 is 2.36 bits per heavy atom. The van der Waals surface area contributed by atoms with Crippen molar-refractivity contribution in [2.24, 2.45) is 10.7 Å². The van der Waals surface area contributed by atoms with Gasteiger partial charge in [-0.1, -0.05) is 47.5 Å². The van der Waals surface area contributed by atoms with Gasteiger partial charge in [-0.05, 0) is 58.0 Å². The number of nitrogen functional groups attached to an aromatic ring is 1. The third-order valence-electron chi connectivity index (χ3n) is 4.85. The molecule has 3 aromatic rings. The number of rotatable bonds is 9. The second-order valence-electron chi connectivity index (χ2n) is 7.71. The van der Waals surface area contributed by atoms with E-state index in [1.54, 1.807) is 12.1 Å². The van der Waals surface area contributed by atoms with Gasteiger partial charge < -0.3 is 16.8 Å². The fourth-order valence-electron chi connectivity index (χ4n) is 3.04. The van der Waals surface area contributed by atoms with E-state index < -0.39 is 24.7 Å². The first kappa shape index (κ1) is 27.8. The summed E-state index contributed by atoms with van der Waals surface area (Å²) in [5.41, 5.74) is 12.7. The van der Waals surface area contributed by atoms with Crippen LogP contribution in [0.2, 0.25) is 10.2 Å². The summed E-state index contributed by atoms with van der Waals surface area (Å²) in [5, 5.41) is 5.66. The Kier molecular flexibility index (Phi) is 9.63. The van der Waals surface area contributed by atoms with E-state index in [2.05, 4.69) is 48.2 Å². The Bertz CT molecular complexity index is 1240. The number of carbonyl (C=O) groups is 1. The number of carbonyl (C=O) groups excluding carboxylic acids is 1. The van der Waals surface area contributed by atoms with Crippen molar-refractivity contribution in [3.05, 3.63) is 79.1 Å². The first-order chi connectivity index (χ1) is 17.0. The van der Waals surface area contributed by atoms with Gasteiger partial charge in [-0.3, -0.25) is 15.1 Å². The molecule has 0 bridgehead atoms. The van der Waals surface area contributed by atoms with Crippen molar-refractivity contribution in [2.45, 2.75) is 25.3 Å². The van der Waals surface area contributed by atoms with Gasteiger partial charge in [-0.2, -0.15) is 0 Å². The predicted octanol–water partition coefficient (Wildman–Crippen LogP) is 4.89. The van der Waals surface area contributed by atoms with E-state index in [9.17, 15) is 13.6 Å². The maximum absolute atomic E-state index is 14.2. The Morgan fingerprint density at radius 1 is 1.06 bits per heavy atom. The lowest BCUT2D eigenvalue weighted by Crippen LogP contribution is -2.38. The van der Waals surface area contributed by atoms with Crippen LogP contribution in [-0.4, -0.2) is 34.3 Å². The number of hydrogen-bond acceptors (Lipinski definition) is 6. The molecule has 1 aromatic heterocycles. The zero-order valence-electron chi connectivity index (χ0n) is 18.7. The van der Waals surface area contributed by atoms with Crippen LogP contribution in [0.5, 0.6) is 0 Å².